The second kappa shape index (κ2) is 10.9. The summed E-state index contributed by atoms with van der Waals surface area (Å²) in [6.45, 7) is 4.61. The maximum absolute atomic E-state index is 11.7. The van der Waals surface area contributed by atoms with E-state index < -0.39 is 0 Å². The molecule has 4 N–H and O–H groups in total. The molecule has 124 valence electrons. The SMILES string of the molecule is CNCCCC(=O)Nc1ccc(NC(=O)NC(C)C)cc1.Cl. The van der Waals surface area contributed by atoms with E-state index in [4.69, 9.17) is 0 Å². The molecule has 0 heterocycles. The van der Waals surface area contributed by atoms with Gasteiger partial charge in [0.15, 0.2) is 0 Å². The number of amides is 3. The molecular formula is C15H25ClN4O2. The standard InChI is InChI=1S/C15H24N4O2.ClH/c1-11(2)17-15(21)19-13-8-6-12(7-9-13)18-14(20)5-4-10-16-3;/h6-9,11,16H,4-5,10H2,1-3H3,(H,18,20)(H2,17,19,21);1H. The second-order valence-corrected chi connectivity index (χ2v) is 5.09. The van der Waals surface area contributed by atoms with E-state index in [1.807, 2.05) is 20.9 Å². The van der Waals surface area contributed by atoms with Crippen LogP contribution in [0, 0.1) is 0 Å². The van der Waals surface area contributed by atoms with Crippen LogP contribution in [0.15, 0.2) is 24.3 Å². The minimum absolute atomic E-state index is 0. The number of halogens is 1. The third-order valence-corrected chi connectivity index (χ3v) is 2.68. The zero-order chi connectivity index (χ0) is 15.7. The topological polar surface area (TPSA) is 82.3 Å². The Kier molecular flexibility index (Phi) is 9.98. The van der Waals surface area contributed by atoms with Crippen LogP contribution in [0.3, 0.4) is 0 Å². The Balaban J connectivity index is 0.00000441. The Hall–Kier alpha value is -1.79. The van der Waals surface area contributed by atoms with Crippen molar-refractivity contribution in [1.29, 1.82) is 0 Å². The van der Waals surface area contributed by atoms with Gasteiger partial charge in [-0.1, -0.05) is 0 Å². The van der Waals surface area contributed by atoms with Crippen molar-refractivity contribution >= 4 is 35.7 Å². The third kappa shape index (κ3) is 8.49. The number of carbonyl (C=O) groups is 2. The van der Waals surface area contributed by atoms with Crippen molar-refractivity contribution in [3.05, 3.63) is 24.3 Å². The summed E-state index contributed by atoms with van der Waals surface area (Å²) in [5.74, 6) is -0.0106. The lowest BCUT2D eigenvalue weighted by Crippen LogP contribution is -2.34. The van der Waals surface area contributed by atoms with Gasteiger partial charge in [0.2, 0.25) is 5.91 Å². The van der Waals surface area contributed by atoms with E-state index in [2.05, 4.69) is 21.3 Å². The van der Waals surface area contributed by atoms with Crippen LogP contribution in [-0.2, 0) is 4.79 Å². The molecule has 0 atom stereocenters. The van der Waals surface area contributed by atoms with Crippen LogP contribution >= 0.6 is 12.4 Å². The fourth-order valence-corrected chi connectivity index (χ4v) is 1.72. The number of nitrogens with one attached hydrogen (secondary N) is 4. The van der Waals surface area contributed by atoms with Gasteiger partial charge in [-0.25, -0.2) is 4.79 Å². The summed E-state index contributed by atoms with van der Waals surface area (Å²) in [5, 5.41) is 11.3. The van der Waals surface area contributed by atoms with Crippen molar-refractivity contribution < 1.29 is 9.59 Å². The van der Waals surface area contributed by atoms with Gasteiger partial charge in [-0.05, 0) is 58.1 Å². The highest BCUT2D eigenvalue weighted by Crippen LogP contribution is 2.13. The summed E-state index contributed by atoms with van der Waals surface area (Å²) >= 11 is 0. The Morgan fingerprint density at radius 3 is 2.09 bits per heavy atom. The van der Waals surface area contributed by atoms with Crippen LogP contribution in [0.1, 0.15) is 26.7 Å². The molecule has 0 aliphatic heterocycles. The first-order chi connectivity index (χ1) is 10.0. The van der Waals surface area contributed by atoms with E-state index >= 15 is 0 Å². The number of benzene rings is 1. The van der Waals surface area contributed by atoms with Crippen molar-refractivity contribution in [3.8, 4) is 0 Å². The number of hydrogen-bond acceptors (Lipinski definition) is 3. The van der Waals surface area contributed by atoms with E-state index in [0.717, 1.165) is 18.7 Å². The predicted molar refractivity (Wildman–Crippen MR) is 92.8 cm³/mol. The van der Waals surface area contributed by atoms with Crippen LogP contribution in [0.4, 0.5) is 16.2 Å². The Morgan fingerprint density at radius 1 is 1.05 bits per heavy atom. The van der Waals surface area contributed by atoms with Crippen molar-refractivity contribution in [2.45, 2.75) is 32.7 Å². The predicted octanol–water partition coefficient (Wildman–Crippen LogP) is 2.58. The average molecular weight is 329 g/mol. The summed E-state index contributed by atoms with van der Waals surface area (Å²) in [7, 11) is 1.86. The fraction of sp³-hybridized carbons (Fsp3) is 0.467. The van der Waals surface area contributed by atoms with Gasteiger partial charge >= 0.3 is 6.03 Å². The highest BCUT2D eigenvalue weighted by molar-refractivity contribution is 5.92. The molecule has 7 heteroatoms. The van der Waals surface area contributed by atoms with Crippen molar-refractivity contribution in [2.75, 3.05) is 24.2 Å². The second-order valence-electron chi connectivity index (χ2n) is 5.09. The van der Waals surface area contributed by atoms with Crippen LogP contribution in [0.2, 0.25) is 0 Å². The van der Waals surface area contributed by atoms with E-state index in [0.29, 0.717) is 12.1 Å². The zero-order valence-electron chi connectivity index (χ0n) is 13.2. The molecule has 0 saturated heterocycles. The molecule has 0 spiro atoms. The van der Waals surface area contributed by atoms with Gasteiger partial charge in [0.05, 0.1) is 0 Å². The number of carbonyl (C=O) groups excluding carboxylic acids is 2. The van der Waals surface area contributed by atoms with Crippen molar-refractivity contribution in [3.63, 3.8) is 0 Å². The van der Waals surface area contributed by atoms with Gasteiger partial charge in [-0.15, -0.1) is 12.4 Å². The summed E-state index contributed by atoms with van der Waals surface area (Å²) < 4.78 is 0. The molecule has 1 rings (SSSR count). The quantitative estimate of drug-likeness (QED) is 0.581. The fourth-order valence-electron chi connectivity index (χ4n) is 1.72. The van der Waals surface area contributed by atoms with Gasteiger partial charge in [0, 0.05) is 23.8 Å². The van der Waals surface area contributed by atoms with Gasteiger partial charge in [0.25, 0.3) is 0 Å². The molecule has 1 aromatic rings. The first-order valence-electron chi connectivity index (χ1n) is 7.13. The third-order valence-electron chi connectivity index (χ3n) is 2.68. The summed E-state index contributed by atoms with van der Waals surface area (Å²) in [6.07, 6.45) is 1.29. The molecule has 0 radical (unpaired) electrons. The summed E-state index contributed by atoms with van der Waals surface area (Å²) in [5.41, 5.74) is 1.40. The van der Waals surface area contributed by atoms with Gasteiger partial charge in [-0.2, -0.15) is 0 Å². The summed E-state index contributed by atoms with van der Waals surface area (Å²) in [4.78, 5) is 23.2. The molecule has 6 nitrogen and oxygen atoms in total. The lowest BCUT2D eigenvalue weighted by atomic mass is 10.2. The molecule has 0 unspecified atom stereocenters. The number of hydrogen-bond donors (Lipinski definition) is 4. The van der Waals surface area contributed by atoms with E-state index in [1.165, 1.54) is 0 Å². The molecule has 0 aliphatic carbocycles. The van der Waals surface area contributed by atoms with Crippen LogP contribution < -0.4 is 21.3 Å². The number of urea groups is 1. The van der Waals surface area contributed by atoms with Crippen LogP contribution in [0.25, 0.3) is 0 Å². The molecule has 0 bridgehead atoms. The molecule has 1 aromatic carbocycles. The lowest BCUT2D eigenvalue weighted by molar-refractivity contribution is -0.116. The Labute approximate surface area is 137 Å². The Bertz CT molecular complexity index is 463. The summed E-state index contributed by atoms with van der Waals surface area (Å²) in [6, 6.07) is 6.88. The molecule has 22 heavy (non-hydrogen) atoms. The number of rotatable bonds is 7. The van der Waals surface area contributed by atoms with Crippen molar-refractivity contribution in [2.24, 2.45) is 0 Å². The normalized spacial score (nSPS) is 9.82. The maximum Gasteiger partial charge on any atom is 0.319 e. The van der Waals surface area contributed by atoms with E-state index in [9.17, 15) is 9.59 Å². The molecular weight excluding hydrogens is 304 g/mol. The van der Waals surface area contributed by atoms with Gasteiger partial charge in [0.1, 0.15) is 0 Å². The smallest absolute Gasteiger partial charge is 0.319 e. The molecule has 0 saturated carbocycles. The highest BCUT2D eigenvalue weighted by Gasteiger charge is 2.04. The first kappa shape index (κ1) is 20.2. The highest BCUT2D eigenvalue weighted by atomic mass is 35.5. The number of anilines is 2. The van der Waals surface area contributed by atoms with E-state index in [-0.39, 0.29) is 30.4 Å². The average Bonchev–Trinajstić information content (AvgIpc) is 2.40. The molecule has 0 fully saturated rings. The minimum Gasteiger partial charge on any atom is -0.336 e. The van der Waals surface area contributed by atoms with Crippen LogP contribution in [0.5, 0.6) is 0 Å². The van der Waals surface area contributed by atoms with Gasteiger partial charge < -0.3 is 21.3 Å². The minimum atomic E-state index is -0.242. The molecule has 3 amide bonds. The van der Waals surface area contributed by atoms with Crippen molar-refractivity contribution in [1.82, 2.24) is 10.6 Å². The largest absolute Gasteiger partial charge is 0.336 e. The molecule has 0 aliphatic rings. The zero-order valence-corrected chi connectivity index (χ0v) is 14.0. The first-order valence-corrected chi connectivity index (χ1v) is 7.13. The maximum atomic E-state index is 11.7. The monoisotopic (exact) mass is 328 g/mol. The van der Waals surface area contributed by atoms with Crippen LogP contribution in [-0.4, -0.2) is 31.6 Å². The van der Waals surface area contributed by atoms with E-state index in [1.54, 1.807) is 24.3 Å². The lowest BCUT2D eigenvalue weighted by Gasteiger charge is -2.11. The Morgan fingerprint density at radius 2 is 1.59 bits per heavy atom. The van der Waals surface area contributed by atoms with Gasteiger partial charge in [-0.3, -0.25) is 4.79 Å². The molecule has 0 aromatic heterocycles.